The number of carboxylic acids is 1. The highest BCUT2D eigenvalue weighted by Crippen LogP contribution is 2.29. The number of hydrogen-bond donors (Lipinski definition) is 1. The summed E-state index contributed by atoms with van der Waals surface area (Å²) in [5, 5.41) is 12.8. The van der Waals surface area contributed by atoms with Gasteiger partial charge in [0.15, 0.2) is 0 Å². The summed E-state index contributed by atoms with van der Waals surface area (Å²) >= 11 is 0. The lowest BCUT2D eigenvalue weighted by molar-refractivity contribution is 0.0696. The molecule has 0 fully saturated rings. The van der Waals surface area contributed by atoms with Crippen molar-refractivity contribution in [2.45, 2.75) is 19.1 Å². The Kier molecular flexibility index (Phi) is 2.70. The van der Waals surface area contributed by atoms with Gasteiger partial charge in [-0.25, -0.2) is 9.18 Å². The molecule has 1 unspecified atom stereocenters. The Morgan fingerprint density at radius 1 is 1.58 bits per heavy atom. The van der Waals surface area contributed by atoms with E-state index in [1.165, 1.54) is 29.2 Å². The monoisotopic (exact) mass is 262 g/mol. The standard InChI is InChI=1S/C13H11FN2O3/c14-10-1-2-12-8(3-10)4-11(19-12)7-16-6-9(5-15-16)13(17)18/h1-3,5-6,11H,4,7H2,(H,17,18). The second-order valence-corrected chi connectivity index (χ2v) is 4.45. The number of ether oxygens (including phenoxy) is 1. The number of aromatic nitrogens is 2. The molecule has 1 aliphatic heterocycles. The molecule has 0 radical (unpaired) electrons. The molecule has 5 nitrogen and oxygen atoms in total. The van der Waals surface area contributed by atoms with Crippen LogP contribution in [0.4, 0.5) is 4.39 Å². The summed E-state index contributed by atoms with van der Waals surface area (Å²) < 4.78 is 20.3. The summed E-state index contributed by atoms with van der Waals surface area (Å²) in [7, 11) is 0. The minimum Gasteiger partial charge on any atom is -0.488 e. The van der Waals surface area contributed by atoms with E-state index in [1.807, 2.05) is 0 Å². The van der Waals surface area contributed by atoms with E-state index >= 15 is 0 Å². The van der Waals surface area contributed by atoms with E-state index in [4.69, 9.17) is 9.84 Å². The van der Waals surface area contributed by atoms with Gasteiger partial charge < -0.3 is 9.84 Å². The molecule has 0 saturated heterocycles. The zero-order valence-corrected chi connectivity index (χ0v) is 9.91. The molecular formula is C13H11FN2O3. The van der Waals surface area contributed by atoms with Crippen LogP contribution < -0.4 is 4.74 Å². The van der Waals surface area contributed by atoms with Crippen molar-refractivity contribution in [1.82, 2.24) is 9.78 Å². The van der Waals surface area contributed by atoms with Crippen molar-refractivity contribution >= 4 is 5.97 Å². The molecule has 1 aromatic carbocycles. The number of hydrogen-bond acceptors (Lipinski definition) is 3. The number of carbonyl (C=O) groups is 1. The second-order valence-electron chi connectivity index (χ2n) is 4.45. The third kappa shape index (κ3) is 2.29. The molecule has 0 bridgehead atoms. The van der Waals surface area contributed by atoms with Crippen LogP contribution in [0.2, 0.25) is 0 Å². The van der Waals surface area contributed by atoms with Crippen molar-refractivity contribution in [3.63, 3.8) is 0 Å². The predicted octanol–water partition coefficient (Wildman–Crippen LogP) is 1.72. The first-order valence-corrected chi connectivity index (χ1v) is 5.82. The number of nitrogens with zero attached hydrogens (tertiary/aromatic N) is 2. The van der Waals surface area contributed by atoms with Crippen LogP contribution in [0.3, 0.4) is 0 Å². The highest BCUT2D eigenvalue weighted by molar-refractivity contribution is 5.86. The van der Waals surface area contributed by atoms with Crippen LogP contribution >= 0.6 is 0 Å². The van der Waals surface area contributed by atoms with Gasteiger partial charge in [-0.05, 0) is 18.2 Å². The van der Waals surface area contributed by atoms with E-state index in [0.717, 1.165) is 5.56 Å². The number of benzene rings is 1. The molecule has 0 aliphatic carbocycles. The Hall–Kier alpha value is -2.37. The second kappa shape index (κ2) is 4.38. The Balaban J connectivity index is 1.71. The van der Waals surface area contributed by atoms with Crippen LogP contribution in [0, 0.1) is 5.82 Å². The highest BCUT2D eigenvalue weighted by Gasteiger charge is 2.24. The molecule has 98 valence electrons. The highest BCUT2D eigenvalue weighted by atomic mass is 19.1. The first kappa shape index (κ1) is 11.7. The van der Waals surface area contributed by atoms with Gasteiger partial charge in [-0.15, -0.1) is 0 Å². The molecule has 1 aliphatic rings. The van der Waals surface area contributed by atoms with Crippen LogP contribution in [0.1, 0.15) is 15.9 Å². The molecule has 0 spiro atoms. The average molecular weight is 262 g/mol. The Morgan fingerprint density at radius 2 is 2.42 bits per heavy atom. The first-order chi connectivity index (χ1) is 9.11. The molecule has 19 heavy (non-hydrogen) atoms. The van der Waals surface area contributed by atoms with Gasteiger partial charge in [-0.2, -0.15) is 5.10 Å². The molecule has 6 heteroatoms. The van der Waals surface area contributed by atoms with Crippen molar-refractivity contribution in [2.24, 2.45) is 0 Å². The van der Waals surface area contributed by atoms with Crippen molar-refractivity contribution in [3.05, 3.63) is 47.5 Å². The summed E-state index contributed by atoms with van der Waals surface area (Å²) in [5.74, 6) is -0.615. The summed E-state index contributed by atoms with van der Waals surface area (Å²) in [4.78, 5) is 10.7. The third-order valence-corrected chi connectivity index (χ3v) is 3.03. The fourth-order valence-corrected chi connectivity index (χ4v) is 2.17. The molecule has 2 heterocycles. The van der Waals surface area contributed by atoms with Gasteiger partial charge in [0.05, 0.1) is 18.3 Å². The number of carboxylic acid groups (broad SMARTS) is 1. The maximum absolute atomic E-state index is 13.1. The summed E-state index contributed by atoms with van der Waals surface area (Å²) in [6, 6.07) is 4.43. The lowest BCUT2D eigenvalue weighted by Gasteiger charge is -2.10. The molecule has 1 atom stereocenters. The normalized spacial score (nSPS) is 17.0. The van der Waals surface area contributed by atoms with Crippen LogP contribution in [0.15, 0.2) is 30.6 Å². The van der Waals surface area contributed by atoms with E-state index in [1.54, 1.807) is 6.07 Å². The van der Waals surface area contributed by atoms with E-state index in [2.05, 4.69) is 5.10 Å². The Bertz CT molecular complexity index is 639. The van der Waals surface area contributed by atoms with E-state index in [9.17, 15) is 9.18 Å². The van der Waals surface area contributed by atoms with Gasteiger partial charge in [-0.3, -0.25) is 4.68 Å². The van der Waals surface area contributed by atoms with Crippen LogP contribution in [-0.2, 0) is 13.0 Å². The molecule has 2 aromatic rings. The summed E-state index contributed by atoms with van der Waals surface area (Å²) in [6.45, 7) is 0.434. The summed E-state index contributed by atoms with van der Waals surface area (Å²) in [6.07, 6.45) is 3.19. The quantitative estimate of drug-likeness (QED) is 0.914. The van der Waals surface area contributed by atoms with Crippen LogP contribution in [-0.4, -0.2) is 27.0 Å². The van der Waals surface area contributed by atoms with Gasteiger partial charge in [0.1, 0.15) is 17.7 Å². The largest absolute Gasteiger partial charge is 0.488 e. The maximum Gasteiger partial charge on any atom is 0.338 e. The van der Waals surface area contributed by atoms with Crippen molar-refractivity contribution < 1.29 is 19.0 Å². The van der Waals surface area contributed by atoms with Gasteiger partial charge >= 0.3 is 5.97 Å². The minimum absolute atomic E-state index is 0.140. The van der Waals surface area contributed by atoms with Crippen molar-refractivity contribution in [3.8, 4) is 5.75 Å². The molecule has 0 saturated carbocycles. The van der Waals surface area contributed by atoms with Crippen LogP contribution in [0.5, 0.6) is 5.75 Å². The SMILES string of the molecule is O=C(O)c1cnn(CC2Cc3cc(F)ccc3O2)c1. The average Bonchev–Trinajstić information content (AvgIpc) is 2.95. The fourth-order valence-electron chi connectivity index (χ4n) is 2.17. The number of rotatable bonds is 3. The molecule has 1 N–H and O–H groups in total. The summed E-state index contributed by atoms with van der Waals surface area (Å²) in [5.41, 5.74) is 0.970. The molecular weight excluding hydrogens is 251 g/mol. The lowest BCUT2D eigenvalue weighted by Crippen LogP contribution is -2.21. The van der Waals surface area contributed by atoms with Gasteiger partial charge in [0.2, 0.25) is 0 Å². The molecule has 3 rings (SSSR count). The van der Waals surface area contributed by atoms with Gasteiger partial charge in [-0.1, -0.05) is 0 Å². The maximum atomic E-state index is 13.1. The molecule has 1 aromatic heterocycles. The van der Waals surface area contributed by atoms with E-state index in [0.29, 0.717) is 18.7 Å². The van der Waals surface area contributed by atoms with E-state index in [-0.39, 0.29) is 17.5 Å². The Labute approximate surface area is 108 Å². The topological polar surface area (TPSA) is 64.3 Å². The smallest absolute Gasteiger partial charge is 0.338 e. The fraction of sp³-hybridized carbons (Fsp3) is 0.231. The zero-order valence-electron chi connectivity index (χ0n) is 9.91. The van der Waals surface area contributed by atoms with Gasteiger partial charge in [0.25, 0.3) is 0 Å². The predicted molar refractivity (Wildman–Crippen MR) is 63.7 cm³/mol. The lowest BCUT2D eigenvalue weighted by atomic mass is 10.1. The first-order valence-electron chi connectivity index (χ1n) is 5.82. The minimum atomic E-state index is -1.01. The van der Waals surface area contributed by atoms with Crippen molar-refractivity contribution in [1.29, 1.82) is 0 Å². The third-order valence-electron chi connectivity index (χ3n) is 3.03. The number of fused-ring (bicyclic) bond motifs is 1. The zero-order chi connectivity index (χ0) is 13.4. The molecule has 0 amide bonds. The van der Waals surface area contributed by atoms with E-state index < -0.39 is 5.97 Å². The Morgan fingerprint density at radius 3 is 3.16 bits per heavy atom. The van der Waals surface area contributed by atoms with Gasteiger partial charge in [0, 0.05) is 18.2 Å². The van der Waals surface area contributed by atoms with Crippen molar-refractivity contribution in [2.75, 3.05) is 0 Å². The van der Waals surface area contributed by atoms with Crippen LogP contribution in [0.25, 0.3) is 0 Å². The number of halogens is 1. The number of aromatic carboxylic acids is 1.